The van der Waals surface area contributed by atoms with Gasteiger partial charge in [0.2, 0.25) is 0 Å². The Morgan fingerprint density at radius 2 is 2.07 bits per heavy atom. The molecular formula is C20H26N6O. The van der Waals surface area contributed by atoms with E-state index in [1.807, 2.05) is 28.8 Å². The van der Waals surface area contributed by atoms with Crippen LogP contribution in [0.25, 0.3) is 5.65 Å². The molecule has 0 saturated carbocycles. The summed E-state index contributed by atoms with van der Waals surface area (Å²) < 4.78 is 1.94. The highest BCUT2D eigenvalue weighted by Gasteiger charge is 2.26. The van der Waals surface area contributed by atoms with Crippen LogP contribution in [0.5, 0.6) is 0 Å². The van der Waals surface area contributed by atoms with Gasteiger partial charge in [0.05, 0.1) is 6.04 Å². The number of carbonyl (C=O) groups excluding carboxylic acids is 1. The standard InChI is InChI=1S/C20H26N6O/c1-13(2)12-16(19-25-23-17-10-6-7-11-26(17)19)21-20(27)18-14-8-4-3-5-9-15(14)22-24-18/h6-7,10-11,13,16H,3-5,8-9,12H2,1-2H3,(H,21,27)(H,22,24)/t16-/m1/s1. The number of aryl methyl sites for hydroxylation is 1. The van der Waals surface area contributed by atoms with Gasteiger partial charge in [0, 0.05) is 17.5 Å². The Balaban J connectivity index is 1.63. The minimum absolute atomic E-state index is 0.132. The Bertz CT molecular complexity index is 941. The first-order valence-electron chi connectivity index (χ1n) is 9.80. The lowest BCUT2D eigenvalue weighted by molar-refractivity contribution is 0.0923. The number of aromatic amines is 1. The van der Waals surface area contributed by atoms with Crippen molar-refractivity contribution in [3.05, 3.63) is 47.2 Å². The Hall–Kier alpha value is -2.70. The van der Waals surface area contributed by atoms with Crippen molar-refractivity contribution in [1.82, 2.24) is 30.1 Å². The van der Waals surface area contributed by atoms with E-state index in [0.29, 0.717) is 11.6 Å². The molecule has 27 heavy (non-hydrogen) atoms. The van der Waals surface area contributed by atoms with Crippen molar-refractivity contribution >= 4 is 11.6 Å². The van der Waals surface area contributed by atoms with Gasteiger partial charge in [-0.05, 0) is 50.2 Å². The second kappa shape index (κ2) is 7.50. The second-order valence-electron chi connectivity index (χ2n) is 7.73. The Morgan fingerprint density at radius 1 is 1.22 bits per heavy atom. The largest absolute Gasteiger partial charge is 0.341 e. The molecule has 1 amide bonds. The fraction of sp³-hybridized carbons (Fsp3) is 0.500. The summed E-state index contributed by atoms with van der Waals surface area (Å²) in [6.45, 7) is 4.28. The molecule has 4 rings (SSSR count). The van der Waals surface area contributed by atoms with Gasteiger partial charge in [0.25, 0.3) is 5.91 Å². The summed E-state index contributed by atoms with van der Waals surface area (Å²) in [4.78, 5) is 13.1. The molecular weight excluding hydrogens is 340 g/mol. The highest BCUT2D eigenvalue weighted by molar-refractivity contribution is 5.94. The average molecular weight is 366 g/mol. The van der Waals surface area contributed by atoms with E-state index in [-0.39, 0.29) is 11.9 Å². The average Bonchev–Trinajstić information content (AvgIpc) is 3.18. The first-order valence-corrected chi connectivity index (χ1v) is 9.80. The molecule has 3 heterocycles. The van der Waals surface area contributed by atoms with Crippen molar-refractivity contribution in [3.8, 4) is 0 Å². The zero-order valence-electron chi connectivity index (χ0n) is 15.9. The number of pyridine rings is 1. The normalized spacial score (nSPS) is 15.5. The number of nitrogens with one attached hydrogen (secondary N) is 2. The molecule has 7 nitrogen and oxygen atoms in total. The van der Waals surface area contributed by atoms with Crippen LogP contribution in [-0.4, -0.2) is 30.7 Å². The summed E-state index contributed by atoms with van der Waals surface area (Å²) in [5, 5.41) is 19.2. The number of H-pyrrole nitrogens is 1. The van der Waals surface area contributed by atoms with Crippen LogP contribution >= 0.6 is 0 Å². The van der Waals surface area contributed by atoms with Crippen molar-refractivity contribution in [2.24, 2.45) is 5.92 Å². The molecule has 0 aromatic carbocycles. The summed E-state index contributed by atoms with van der Waals surface area (Å²) in [7, 11) is 0. The summed E-state index contributed by atoms with van der Waals surface area (Å²) in [5.41, 5.74) is 3.52. The van der Waals surface area contributed by atoms with Crippen LogP contribution < -0.4 is 5.32 Å². The summed E-state index contributed by atoms with van der Waals surface area (Å²) in [5.74, 6) is 1.03. The van der Waals surface area contributed by atoms with Crippen molar-refractivity contribution < 1.29 is 4.79 Å². The van der Waals surface area contributed by atoms with Crippen molar-refractivity contribution in [2.45, 2.75) is 58.4 Å². The number of aromatic nitrogens is 5. The van der Waals surface area contributed by atoms with Gasteiger partial charge in [0.15, 0.2) is 17.2 Å². The molecule has 1 aliphatic carbocycles. The maximum atomic E-state index is 13.1. The van der Waals surface area contributed by atoms with Crippen LogP contribution in [0, 0.1) is 5.92 Å². The van der Waals surface area contributed by atoms with Crippen molar-refractivity contribution in [1.29, 1.82) is 0 Å². The lowest BCUT2D eigenvalue weighted by Crippen LogP contribution is -2.31. The van der Waals surface area contributed by atoms with Crippen LogP contribution in [0.15, 0.2) is 24.4 Å². The van der Waals surface area contributed by atoms with E-state index < -0.39 is 0 Å². The third kappa shape index (κ3) is 3.59. The molecule has 0 radical (unpaired) electrons. The van der Waals surface area contributed by atoms with Crippen LogP contribution in [0.1, 0.15) is 73.1 Å². The van der Waals surface area contributed by atoms with Crippen molar-refractivity contribution in [2.75, 3.05) is 0 Å². The smallest absolute Gasteiger partial charge is 0.272 e. The summed E-state index contributed by atoms with van der Waals surface area (Å²) in [6.07, 6.45) is 8.07. The zero-order chi connectivity index (χ0) is 18.8. The molecule has 7 heteroatoms. The number of amides is 1. The van der Waals surface area contributed by atoms with E-state index in [1.54, 1.807) is 0 Å². The maximum absolute atomic E-state index is 13.1. The summed E-state index contributed by atoms with van der Waals surface area (Å²) in [6, 6.07) is 5.58. The van der Waals surface area contributed by atoms with Gasteiger partial charge in [-0.15, -0.1) is 10.2 Å². The van der Waals surface area contributed by atoms with Gasteiger partial charge in [-0.3, -0.25) is 14.3 Å². The topological polar surface area (TPSA) is 88.0 Å². The molecule has 0 fully saturated rings. The molecule has 2 N–H and O–H groups in total. The van der Waals surface area contributed by atoms with Crippen molar-refractivity contribution in [3.63, 3.8) is 0 Å². The molecule has 0 unspecified atom stereocenters. The van der Waals surface area contributed by atoms with Crippen LogP contribution in [0.4, 0.5) is 0 Å². The van der Waals surface area contributed by atoms with E-state index in [9.17, 15) is 4.79 Å². The third-order valence-electron chi connectivity index (χ3n) is 5.19. The van der Waals surface area contributed by atoms with Gasteiger partial charge < -0.3 is 5.32 Å². The molecule has 1 atom stereocenters. The number of carbonyl (C=O) groups is 1. The molecule has 0 saturated heterocycles. The SMILES string of the molecule is CC(C)C[C@@H](NC(=O)c1n[nH]c2c1CCCCC2)c1nnc2ccccn12. The monoisotopic (exact) mass is 366 g/mol. The first kappa shape index (κ1) is 17.7. The van der Waals surface area contributed by atoms with Gasteiger partial charge in [0.1, 0.15) is 0 Å². The predicted octanol–water partition coefficient (Wildman–Crippen LogP) is 3.24. The minimum Gasteiger partial charge on any atom is -0.341 e. The fourth-order valence-electron chi connectivity index (χ4n) is 3.87. The number of hydrogen-bond donors (Lipinski definition) is 2. The Labute approximate surface area is 158 Å². The van der Waals surface area contributed by atoms with Crippen LogP contribution in [0.2, 0.25) is 0 Å². The first-order chi connectivity index (χ1) is 13.1. The highest BCUT2D eigenvalue weighted by atomic mass is 16.2. The van der Waals surface area contributed by atoms with E-state index in [1.165, 1.54) is 6.42 Å². The summed E-state index contributed by atoms with van der Waals surface area (Å²) >= 11 is 0. The van der Waals surface area contributed by atoms with Gasteiger partial charge >= 0.3 is 0 Å². The molecule has 3 aromatic heterocycles. The molecule has 0 aliphatic heterocycles. The highest BCUT2D eigenvalue weighted by Crippen LogP contribution is 2.24. The van der Waals surface area contributed by atoms with E-state index in [0.717, 1.165) is 54.8 Å². The van der Waals surface area contributed by atoms with E-state index in [4.69, 9.17) is 0 Å². The van der Waals surface area contributed by atoms with E-state index in [2.05, 4.69) is 39.6 Å². The van der Waals surface area contributed by atoms with Crippen LogP contribution in [-0.2, 0) is 12.8 Å². The fourth-order valence-corrected chi connectivity index (χ4v) is 3.87. The molecule has 1 aliphatic rings. The number of fused-ring (bicyclic) bond motifs is 2. The maximum Gasteiger partial charge on any atom is 0.272 e. The molecule has 3 aromatic rings. The minimum atomic E-state index is -0.215. The lowest BCUT2D eigenvalue weighted by Gasteiger charge is -2.19. The number of rotatable bonds is 5. The third-order valence-corrected chi connectivity index (χ3v) is 5.19. The Kier molecular flexibility index (Phi) is 4.92. The number of hydrogen-bond acceptors (Lipinski definition) is 4. The van der Waals surface area contributed by atoms with Gasteiger partial charge in [-0.2, -0.15) is 5.10 Å². The van der Waals surface area contributed by atoms with Crippen LogP contribution in [0.3, 0.4) is 0 Å². The quantitative estimate of drug-likeness (QED) is 0.679. The lowest BCUT2D eigenvalue weighted by atomic mass is 10.0. The van der Waals surface area contributed by atoms with Gasteiger partial charge in [-0.25, -0.2) is 0 Å². The number of nitrogens with zero attached hydrogens (tertiary/aromatic N) is 4. The zero-order valence-corrected chi connectivity index (χ0v) is 15.9. The van der Waals surface area contributed by atoms with E-state index >= 15 is 0 Å². The predicted molar refractivity (Wildman–Crippen MR) is 102 cm³/mol. The second-order valence-corrected chi connectivity index (χ2v) is 7.73. The Morgan fingerprint density at radius 3 is 2.93 bits per heavy atom. The van der Waals surface area contributed by atoms with Gasteiger partial charge in [-0.1, -0.05) is 26.3 Å². The molecule has 0 bridgehead atoms. The molecule has 142 valence electrons. The molecule has 0 spiro atoms.